The van der Waals surface area contributed by atoms with Gasteiger partial charge in [-0.3, -0.25) is 9.59 Å². The SMILES string of the molecule is CN(C)C(=O)C1CN(C(=O)CCCc2ccc(Cl)c(Cl)c2)C1. The topological polar surface area (TPSA) is 40.6 Å². The number of rotatable bonds is 5. The lowest BCUT2D eigenvalue weighted by atomic mass is 9.97. The number of amides is 2. The third-order valence-corrected chi connectivity index (χ3v) is 4.60. The summed E-state index contributed by atoms with van der Waals surface area (Å²) in [7, 11) is 3.48. The van der Waals surface area contributed by atoms with Crippen molar-refractivity contribution in [3.05, 3.63) is 33.8 Å². The Labute approximate surface area is 141 Å². The van der Waals surface area contributed by atoms with Gasteiger partial charge in [0.25, 0.3) is 0 Å². The van der Waals surface area contributed by atoms with E-state index in [2.05, 4.69) is 0 Å². The first-order valence-electron chi connectivity index (χ1n) is 7.31. The summed E-state index contributed by atoms with van der Waals surface area (Å²) in [6, 6.07) is 5.53. The van der Waals surface area contributed by atoms with E-state index >= 15 is 0 Å². The number of aryl methyl sites for hydroxylation is 1. The maximum absolute atomic E-state index is 12.0. The quantitative estimate of drug-likeness (QED) is 0.825. The molecule has 1 aliphatic heterocycles. The number of nitrogens with zero attached hydrogens (tertiary/aromatic N) is 2. The second-order valence-electron chi connectivity index (χ2n) is 5.83. The Morgan fingerprint density at radius 1 is 1.23 bits per heavy atom. The van der Waals surface area contributed by atoms with E-state index < -0.39 is 0 Å². The molecule has 0 atom stereocenters. The minimum atomic E-state index is -0.0333. The molecule has 22 heavy (non-hydrogen) atoms. The zero-order valence-electron chi connectivity index (χ0n) is 12.8. The molecular formula is C16H20Cl2N2O2. The Kier molecular flexibility index (Phi) is 5.70. The zero-order valence-corrected chi connectivity index (χ0v) is 14.3. The van der Waals surface area contributed by atoms with Crippen LogP contribution in [0.4, 0.5) is 0 Å². The molecule has 1 heterocycles. The molecule has 1 fully saturated rings. The van der Waals surface area contributed by atoms with Gasteiger partial charge in [0.15, 0.2) is 0 Å². The Morgan fingerprint density at radius 2 is 1.91 bits per heavy atom. The normalized spacial score (nSPS) is 14.6. The van der Waals surface area contributed by atoms with Crippen molar-refractivity contribution in [1.82, 2.24) is 9.80 Å². The second kappa shape index (κ2) is 7.34. The lowest BCUT2D eigenvalue weighted by Gasteiger charge is -2.39. The molecule has 0 N–H and O–H groups in total. The van der Waals surface area contributed by atoms with Crippen molar-refractivity contribution in [2.45, 2.75) is 19.3 Å². The highest BCUT2D eigenvalue weighted by Crippen LogP contribution is 2.24. The van der Waals surface area contributed by atoms with E-state index in [1.54, 1.807) is 30.0 Å². The van der Waals surface area contributed by atoms with Gasteiger partial charge in [0.2, 0.25) is 11.8 Å². The monoisotopic (exact) mass is 342 g/mol. The molecule has 0 saturated carbocycles. The summed E-state index contributed by atoms with van der Waals surface area (Å²) in [6.07, 6.45) is 2.04. The van der Waals surface area contributed by atoms with Gasteiger partial charge in [-0.25, -0.2) is 0 Å². The molecule has 4 nitrogen and oxygen atoms in total. The Balaban J connectivity index is 1.71. The smallest absolute Gasteiger partial charge is 0.228 e. The minimum absolute atomic E-state index is 0.0333. The van der Waals surface area contributed by atoms with Crippen molar-refractivity contribution in [2.24, 2.45) is 5.92 Å². The molecule has 2 rings (SSSR count). The molecule has 1 aromatic rings. The number of hydrogen-bond acceptors (Lipinski definition) is 2. The van der Waals surface area contributed by atoms with E-state index in [0.29, 0.717) is 29.6 Å². The van der Waals surface area contributed by atoms with Crippen LogP contribution in [0.2, 0.25) is 10.0 Å². The van der Waals surface area contributed by atoms with E-state index in [1.165, 1.54) is 0 Å². The van der Waals surface area contributed by atoms with Crippen LogP contribution in [0.1, 0.15) is 18.4 Å². The lowest BCUT2D eigenvalue weighted by molar-refractivity contribution is -0.146. The van der Waals surface area contributed by atoms with Gasteiger partial charge in [-0.2, -0.15) is 0 Å². The largest absolute Gasteiger partial charge is 0.348 e. The van der Waals surface area contributed by atoms with Crippen molar-refractivity contribution < 1.29 is 9.59 Å². The van der Waals surface area contributed by atoms with Crippen LogP contribution in [0.25, 0.3) is 0 Å². The Morgan fingerprint density at radius 3 is 2.50 bits per heavy atom. The summed E-state index contributed by atoms with van der Waals surface area (Å²) in [5.74, 6) is 0.178. The molecule has 0 bridgehead atoms. The van der Waals surface area contributed by atoms with E-state index in [1.807, 2.05) is 12.1 Å². The third-order valence-electron chi connectivity index (χ3n) is 3.86. The summed E-state index contributed by atoms with van der Waals surface area (Å²) >= 11 is 11.8. The number of halogens is 2. The number of benzene rings is 1. The Bertz CT molecular complexity index is 569. The van der Waals surface area contributed by atoms with Crippen LogP contribution in [0.15, 0.2) is 18.2 Å². The van der Waals surface area contributed by atoms with E-state index in [-0.39, 0.29) is 17.7 Å². The second-order valence-corrected chi connectivity index (χ2v) is 6.64. The summed E-state index contributed by atoms with van der Waals surface area (Å²) < 4.78 is 0. The van der Waals surface area contributed by atoms with Crippen LogP contribution in [-0.4, -0.2) is 48.8 Å². The zero-order chi connectivity index (χ0) is 16.3. The van der Waals surface area contributed by atoms with Gasteiger partial charge in [-0.15, -0.1) is 0 Å². The molecule has 0 unspecified atom stereocenters. The summed E-state index contributed by atoms with van der Waals surface area (Å²) in [6.45, 7) is 1.09. The van der Waals surface area contributed by atoms with Crippen molar-refractivity contribution in [3.63, 3.8) is 0 Å². The standard InChI is InChI=1S/C16H20Cl2N2O2/c1-19(2)16(22)12-9-20(10-12)15(21)5-3-4-11-6-7-13(17)14(18)8-11/h6-8,12H,3-5,9-10H2,1-2H3. The fourth-order valence-corrected chi connectivity index (χ4v) is 2.82. The highest BCUT2D eigenvalue weighted by atomic mass is 35.5. The summed E-state index contributed by atoms with van der Waals surface area (Å²) in [5.41, 5.74) is 1.08. The molecule has 0 aliphatic carbocycles. The molecule has 1 saturated heterocycles. The molecule has 0 aromatic heterocycles. The van der Waals surface area contributed by atoms with E-state index in [4.69, 9.17) is 23.2 Å². The van der Waals surface area contributed by atoms with Crippen molar-refractivity contribution in [2.75, 3.05) is 27.2 Å². The van der Waals surface area contributed by atoms with E-state index in [9.17, 15) is 9.59 Å². The molecule has 1 aliphatic rings. The van der Waals surface area contributed by atoms with Crippen LogP contribution in [-0.2, 0) is 16.0 Å². The van der Waals surface area contributed by atoms with Gasteiger partial charge >= 0.3 is 0 Å². The summed E-state index contributed by atoms with van der Waals surface area (Å²) in [4.78, 5) is 27.1. The van der Waals surface area contributed by atoms with Crippen LogP contribution >= 0.6 is 23.2 Å². The average Bonchev–Trinajstić information content (AvgIpc) is 2.41. The third kappa shape index (κ3) is 4.14. The van der Waals surface area contributed by atoms with Gasteiger partial charge in [0.05, 0.1) is 16.0 Å². The average molecular weight is 343 g/mol. The predicted octanol–water partition coefficient (Wildman–Crippen LogP) is 2.86. The van der Waals surface area contributed by atoms with Crippen LogP contribution in [0.5, 0.6) is 0 Å². The summed E-state index contributed by atoms with van der Waals surface area (Å²) in [5, 5.41) is 1.08. The van der Waals surface area contributed by atoms with Gasteiger partial charge < -0.3 is 9.80 Å². The molecule has 6 heteroatoms. The molecule has 1 aromatic carbocycles. The van der Waals surface area contributed by atoms with Crippen LogP contribution in [0.3, 0.4) is 0 Å². The molecule has 2 amide bonds. The number of carbonyl (C=O) groups is 2. The number of likely N-dealkylation sites (tertiary alicyclic amines) is 1. The minimum Gasteiger partial charge on any atom is -0.348 e. The van der Waals surface area contributed by atoms with Gasteiger partial charge in [0, 0.05) is 33.6 Å². The molecule has 0 spiro atoms. The van der Waals surface area contributed by atoms with Gasteiger partial charge in [-0.1, -0.05) is 29.3 Å². The Hall–Kier alpha value is -1.26. The predicted molar refractivity (Wildman–Crippen MR) is 88.2 cm³/mol. The first-order valence-corrected chi connectivity index (χ1v) is 8.07. The number of hydrogen-bond donors (Lipinski definition) is 0. The van der Waals surface area contributed by atoms with Gasteiger partial charge in [0.1, 0.15) is 0 Å². The lowest BCUT2D eigenvalue weighted by Crippen LogP contribution is -2.55. The van der Waals surface area contributed by atoms with Crippen molar-refractivity contribution in [3.8, 4) is 0 Å². The van der Waals surface area contributed by atoms with Crippen LogP contribution < -0.4 is 0 Å². The van der Waals surface area contributed by atoms with Gasteiger partial charge in [-0.05, 0) is 30.5 Å². The number of carbonyl (C=O) groups excluding carboxylic acids is 2. The maximum Gasteiger partial charge on any atom is 0.228 e. The highest BCUT2D eigenvalue weighted by Gasteiger charge is 2.35. The van der Waals surface area contributed by atoms with Crippen molar-refractivity contribution in [1.29, 1.82) is 0 Å². The fourth-order valence-electron chi connectivity index (χ4n) is 2.50. The highest BCUT2D eigenvalue weighted by molar-refractivity contribution is 6.42. The van der Waals surface area contributed by atoms with Crippen molar-refractivity contribution >= 4 is 35.0 Å². The van der Waals surface area contributed by atoms with Crippen LogP contribution in [0, 0.1) is 5.92 Å². The maximum atomic E-state index is 12.0. The first kappa shape index (κ1) is 17.1. The fraction of sp³-hybridized carbons (Fsp3) is 0.500. The molecule has 0 radical (unpaired) electrons. The molecule has 120 valence electrons. The first-order chi connectivity index (χ1) is 10.4. The molecular weight excluding hydrogens is 323 g/mol. The van der Waals surface area contributed by atoms with E-state index in [0.717, 1.165) is 18.4 Å².